The van der Waals surface area contributed by atoms with Crippen LogP contribution in [0.15, 0.2) is 0 Å². The van der Waals surface area contributed by atoms with E-state index in [4.69, 9.17) is 0 Å². The van der Waals surface area contributed by atoms with E-state index in [-0.39, 0.29) is 0 Å². The quantitative estimate of drug-likeness (QED) is 0.586. The highest BCUT2D eigenvalue weighted by molar-refractivity contribution is 5.76. The average molecular weight is 239 g/mol. The number of hydrogen-bond acceptors (Lipinski definition) is 1. The van der Waals surface area contributed by atoms with Crippen LogP contribution in [-0.2, 0) is 4.79 Å². The third-order valence-electron chi connectivity index (χ3n) is 3.97. The highest BCUT2D eigenvalue weighted by Crippen LogP contribution is 2.20. The van der Waals surface area contributed by atoms with Crippen LogP contribution in [0.25, 0.3) is 0 Å². The molecule has 1 heterocycles. The lowest BCUT2D eigenvalue weighted by molar-refractivity contribution is -0.131. The Morgan fingerprint density at radius 2 is 1.82 bits per heavy atom. The van der Waals surface area contributed by atoms with Crippen molar-refractivity contribution in [3.8, 4) is 0 Å². The summed E-state index contributed by atoms with van der Waals surface area (Å²) < 4.78 is 0. The second kappa shape index (κ2) is 8.54. The smallest absolute Gasteiger partial charge is 0.222 e. The first-order valence-corrected chi connectivity index (χ1v) is 7.55. The van der Waals surface area contributed by atoms with Gasteiger partial charge >= 0.3 is 0 Å². The van der Waals surface area contributed by atoms with Gasteiger partial charge in [-0.25, -0.2) is 0 Å². The highest BCUT2D eigenvalue weighted by atomic mass is 16.2. The van der Waals surface area contributed by atoms with Crippen LogP contribution in [0.1, 0.15) is 71.6 Å². The Hall–Kier alpha value is -0.530. The van der Waals surface area contributed by atoms with E-state index in [0.29, 0.717) is 11.8 Å². The van der Waals surface area contributed by atoms with Gasteiger partial charge in [-0.15, -0.1) is 0 Å². The van der Waals surface area contributed by atoms with Gasteiger partial charge in [-0.2, -0.15) is 0 Å². The van der Waals surface area contributed by atoms with E-state index in [0.717, 1.165) is 25.9 Å². The van der Waals surface area contributed by atoms with Crippen molar-refractivity contribution >= 4 is 5.91 Å². The molecule has 0 aromatic rings. The third kappa shape index (κ3) is 5.56. The fraction of sp³-hybridized carbons (Fsp3) is 0.933. The first kappa shape index (κ1) is 14.5. The van der Waals surface area contributed by atoms with E-state index in [1.807, 2.05) is 0 Å². The van der Waals surface area contributed by atoms with Crippen molar-refractivity contribution in [3.05, 3.63) is 0 Å². The SMILES string of the molecule is CCCCCCC(CC)CC(=O)N1CCCC1. The molecule has 0 aromatic heterocycles. The van der Waals surface area contributed by atoms with Gasteiger partial charge in [-0.05, 0) is 25.2 Å². The molecule has 2 nitrogen and oxygen atoms in total. The summed E-state index contributed by atoms with van der Waals surface area (Å²) in [5.41, 5.74) is 0. The lowest BCUT2D eigenvalue weighted by atomic mass is 9.94. The van der Waals surface area contributed by atoms with Crippen molar-refractivity contribution in [2.24, 2.45) is 5.92 Å². The Bertz CT molecular complexity index is 209. The monoisotopic (exact) mass is 239 g/mol. The zero-order valence-corrected chi connectivity index (χ0v) is 11.7. The fourth-order valence-corrected chi connectivity index (χ4v) is 2.65. The van der Waals surface area contributed by atoms with Gasteiger partial charge in [-0.1, -0.05) is 46.0 Å². The largest absolute Gasteiger partial charge is 0.343 e. The number of nitrogens with zero attached hydrogens (tertiary/aromatic N) is 1. The Morgan fingerprint density at radius 1 is 1.12 bits per heavy atom. The zero-order valence-electron chi connectivity index (χ0n) is 11.7. The second-order valence-corrected chi connectivity index (χ2v) is 5.42. The van der Waals surface area contributed by atoms with E-state index in [9.17, 15) is 4.79 Å². The molecular weight excluding hydrogens is 210 g/mol. The predicted molar refractivity (Wildman–Crippen MR) is 73.0 cm³/mol. The maximum atomic E-state index is 12.0. The summed E-state index contributed by atoms with van der Waals surface area (Å²) in [4.78, 5) is 14.1. The molecule has 1 amide bonds. The Labute approximate surface area is 107 Å². The average Bonchev–Trinajstić information content (AvgIpc) is 2.86. The number of carbonyl (C=O) groups excluding carboxylic acids is 1. The normalized spacial score (nSPS) is 17.4. The van der Waals surface area contributed by atoms with Gasteiger partial charge in [0.15, 0.2) is 0 Å². The Kier molecular flexibility index (Phi) is 7.30. The molecule has 0 aromatic carbocycles. The molecule has 1 rings (SSSR count). The number of hydrogen-bond donors (Lipinski definition) is 0. The van der Waals surface area contributed by atoms with Crippen molar-refractivity contribution in [2.45, 2.75) is 71.6 Å². The Balaban J connectivity index is 2.18. The molecule has 1 fully saturated rings. The first-order valence-electron chi connectivity index (χ1n) is 7.55. The van der Waals surface area contributed by atoms with Gasteiger partial charge in [0, 0.05) is 19.5 Å². The van der Waals surface area contributed by atoms with Crippen LogP contribution in [0.3, 0.4) is 0 Å². The lowest BCUT2D eigenvalue weighted by Crippen LogP contribution is -2.29. The fourth-order valence-electron chi connectivity index (χ4n) is 2.65. The Morgan fingerprint density at radius 3 is 2.41 bits per heavy atom. The number of likely N-dealkylation sites (tertiary alicyclic amines) is 1. The van der Waals surface area contributed by atoms with Gasteiger partial charge in [0.2, 0.25) is 5.91 Å². The van der Waals surface area contributed by atoms with Gasteiger partial charge in [-0.3, -0.25) is 4.79 Å². The van der Waals surface area contributed by atoms with Gasteiger partial charge in [0.1, 0.15) is 0 Å². The van der Waals surface area contributed by atoms with Crippen LogP contribution in [-0.4, -0.2) is 23.9 Å². The lowest BCUT2D eigenvalue weighted by Gasteiger charge is -2.20. The van der Waals surface area contributed by atoms with E-state index in [2.05, 4.69) is 18.7 Å². The van der Waals surface area contributed by atoms with Gasteiger partial charge < -0.3 is 4.90 Å². The number of carbonyl (C=O) groups is 1. The minimum absolute atomic E-state index is 0.407. The maximum Gasteiger partial charge on any atom is 0.222 e. The molecular formula is C15H29NO. The number of amides is 1. The summed E-state index contributed by atoms with van der Waals surface area (Å²) in [5.74, 6) is 1.03. The summed E-state index contributed by atoms with van der Waals surface area (Å²) in [6, 6.07) is 0. The standard InChI is InChI=1S/C15H29NO/c1-3-5-6-7-10-14(4-2)13-15(17)16-11-8-9-12-16/h14H,3-13H2,1-2H3. The van der Waals surface area contributed by atoms with Gasteiger partial charge in [0.05, 0.1) is 0 Å². The molecule has 1 unspecified atom stereocenters. The molecule has 0 spiro atoms. The zero-order chi connectivity index (χ0) is 12.5. The minimum atomic E-state index is 0.407. The van der Waals surface area contributed by atoms with E-state index in [1.54, 1.807) is 0 Å². The second-order valence-electron chi connectivity index (χ2n) is 5.42. The molecule has 0 radical (unpaired) electrons. The molecule has 0 bridgehead atoms. The van der Waals surface area contributed by atoms with Crippen molar-refractivity contribution < 1.29 is 4.79 Å². The predicted octanol–water partition coefficient (Wildman–Crippen LogP) is 4.00. The van der Waals surface area contributed by atoms with Gasteiger partial charge in [0.25, 0.3) is 0 Å². The van der Waals surface area contributed by atoms with Crippen molar-refractivity contribution in [3.63, 3.8) is 0 Å². The number of rotatable bonds is 8. The molecule has 1 saturated heterocycles. The van der Waals surface area contributed by atoms with Crippen LogP contribution >= 0.6 is 0 Å². The summed E-state index contributed by atoms with van der Waals surface area (Å²) >= 11 is 0. The summed E-state index contributed by atoms with van der Waals surface area (Å²) in [6.07, 6.45) is 10.9. The highest BCUT2D eigenvalue weighted by Gasteiger charge is 2.20. The van der Waals surface area contributed by atoms with E-state index >= 15 is 0 Å². The van der Waals surface area contributed by atoms with Crippen LogP contribution in [0.5, 0.6) is 0 Å². The number of unbranched alkanes of at least 4 members (excludes halogenated alkanes) is 3. The van der Waals surface area contributed by atoms with Crippen molar-refractivity contribution in [1.82, 2.24) is 4.90 Å². The maximum absolute atomic E-state index is 12.0. The molecule has 17 heavy (non-hydrogen) atoms. The molecule has 1 atom stereocenters. The van der Waals surface area contributed by atoms with Crippen LogP contribution in [0.4, 0.5) is 0 Å². The molecule has 0 N–H and O–H groups in total. The molecule has 1 aliphatic heterocycles. The molecule has 2 heteroatoms. The minimum Gasteiger partial charge on any atom is -0.343 e. The van der Waals surface area contributed by atoms with E-state index < -0.39 is 0 Å². The van der Waals surface area contributed by atoms with Crippen LogP contribution in [0.2, 0.25) is 0 Å². The van der Waals surface area contributed by atoms with E-state index in [1.165, 1.54) is 44.9 Å². The topological polar surface area (TPSA) is 20.3 Å². The third-order valence-corrected chi connectivity index (χ3v) is 3.97. The van der Waals surface area contributed by atoms with Crippen LogP contribution < -0.4 is 0 Å². The first-order chi connectivity index (χ1) is 8.27. The summed E-state index contributed by atoms with van der Waals surface area (Å²) in [5, 5.41) is 0. The summed E-state index contributed by atoms with van der Waals surface area (Å²) in [7, 11) is 0. The molecule has 0 aliphatic carbocycles. The van der Waals surface area contributed by atoms with Crippen molar-refractivity contribution in [1.29, 1.82) is 0 Å². The molecule has 0 saturated carbocycles. The molecule has 100 valence electrons. The van der Waals surface area contributed by atoms with Crippen molar-refractivity contribution in [2.75, 3.05) is 13.1 Å². The summed E-state index contributed by atoms with van der Waals surface area (Å²) in [6.45, 7) is 6.48. The molecule has 1 aliphatic rings. The van der Waals surface area contributed by atoms with Crippen LogP contribution in [0, 0.1) is 5.92 Å².